The summed E-state index contributed by atoms with van der Waals surface area (Å²) in [4.78, 5) is 2.13. The molecule has 1 fully saturated rings. The Morgan fingerprint density at radius 1 is 1.35 bits per heavy atom. The van der Waals surface area contributed by atoms with E-state index in [9.17, 15) is 8.42 Å². The van der Waals surface area contributed by atoms with Crippen LogP contribution in [0.15, 0.2) is 0 Å². The zero-order valence-corrected chi connectivity index (χ0v) is 11.7. The van der Waals surface area contributed by atoms with Gasteiger partial charge in [-0.25, -0.2) is 8.42 Å². The van der Waals surface area contributed by atoms with Gasteiger partial charge >= 0.3 is 0 Å². The molecule has 0 spiro atoms. The summed E-state index contributed by atoms with van der Waals surface area (Å²) in [7, 11) is -3.06. The van der Waals surface area contributed by atoms with Gasteiger partial charge in [-0.1, -0.05) is 16.1 Å². The van der Waals surface area contributed by atoms with Crippen LogP contribution in [0.2, 0.25) is 4.34 Å². The van der Waals surface area contributed by atoms with Gasteiger partial charge in [-0.05, 0) is 0 Å². The molecular formula is C8H13ClN4O2S2. The third-order valence-corrected chi connectivity index (χ3v) is 4.97. The van der Waals surface area contributed by atoms with Crippen LogP contribution in [0.25, 0.3) is 0 Å². The lowest BCUT2D eigenvalue weighted by atomic mass is 10.3. The molecule has 1 aromatic rings. The lowest BCUT2D eigenvalue weighted by Gasteiger charge is -2.32. The van der Waals surface area contributed by atoms with E-state index in [4.69, 9.17) is 11.6 Å². The Morgan fingerprint density at radius 2 is 2.00 bits per heavy atom. The number of sulfonamides is 1. The van der Waals surface area contributed by atoms with Crippen LogP contribution in [-0.4, -0.2) is 59.6 Å². The summed E-state index contributed by atoms with van der Waals surface area (Å²) in [6.07, 6.45) is 1.24. The second-order valence-electron chi connectivity index (χ2n) is 3.93. The molecule has 6 nitrogen and oxygen atoms in total. The van der Waals surface area contributed by atoms with E-state index in [-0.39, 0.29) is 0 Å². The summed E-state index contributed by atoms with van der Waals surface area (Å²) < 4.78 is 28.5. The molecule has 0 radical (unpaired) electrons. The quantitative estimate of drug-likeness (QED) is 0.801. The van der Waals surface area contributed by atoms with Gasteiger partial charge in [0, 0.05) is 44.3 Å². The Bertz CT molecular complexity index is 481. The predicted molar refractivity (Wildman–Crippen MR) is 66.6 cm³/mol. The normalized spacial score (nSPS) is 19.6. The number of aromatic nitrogens is 2. The molecule has 2 rings (SSSR count). The van der Waals surface area contributed by atoms with Crippen molar-refractivity contribution < 1.29 is 8.42 Å². The number of rotatable bonds is 3. The van der Waals surface area contributed by atoms with Crippen molar-refractivity contribution >= 4 is 33.2 Å². The van der Waals surface area contributed by atoms with Gasteiger partial charge in [0.15, 0.2) is 0 Å². The van der Waals surface area contributed by atoms with Crippen molar-refractivity contribution in [2.45, 2.75) is 6.54 Å². The highest BCUT2D eigenvalue weighted by Gasteiger charge is 2.24. The van der Waals surface area contributed by atoms with Gasteiger partial charge in [0.05, 0.1) is 6.26 Å². The van der Waals surface area contributed by atoms with E-state index in [1.54, 1.807) is 0 Å². The van der Waals surface area contributed by atoms with Crippen molar-refractivity contribution in [3.8, 4) is 0 Å². The summed E-state index contributed by atoms with van der Waals surface area (Å²) in [5.41, 5.74) is 0.768. The van der Waals surface area contributed by atoms with Crippen LogP contribution in [0.3, 0.4) is 0 Å². The number of nitrogens with zero attached hydrogens (tertiary/aromatic N) is 4. The van der Waals surface area contributed by atoms with Gasteiger partial charge in [-0.3, -0.25) is 4.90 Å². The maximum Gasteiger partial charge on any atom is 0.211 e. The average molecular weight is 297 g/mol. The van der Waals surface area contributed by atoms with Crippen molar-refractivity contribution in [2.75, 3.05) is 32.4 Å². The van der Waals surface area contributed by atoms with Crippen molar-refractivity contribution in [1.82, 2.24) is 18.8 Å². The molecule has 9 heteroatoms. The molecule has 0 unspecified atom stereocenters. The van der Waals surface area contributed by atoms with Gasteiger partial charge < -0.3 is 0 Å². The first-order valence-corrected chi connectivity index (χ1v) is 8.11. The topological polar surface area (TPSA) is 66.4 Å². The maximum atomic E-state index is 11.3. The second kappa shape index (κ2) is 5.15. The lowest BCUT2D eigenvalue weighted by molar-refractivity contribution is 0.180. The Morgan fingerprint density at radius 3 is 2.47 bits per heavy atom. The molecule has 0 aromatic carbocycles. The molecule has 0 bridgehead atoms. The highest BCUT2D eigenvalue weighted by atomic mass is 35.5. The van der Waals surface area contributed by atoms with Crippen LogP contribution >= 0.6 is 23.1 Å². The van der Waals surface area contributed by atoms with E-state index in [0.29, 0.717) is 37.1 Å². The zero-order valence-electron chi connectivity index (χ0n) is 9.34. The first-order chi connectivity index (χ1) is 7.97. The summed E-state index contributed by atoms with van der Waals surface area (Å²) in [6, 6.07) is 0. The van der Waals surface area contributed by atoms with Gasteiger partial charge in [0.25, 0.3) is 0 Å². The largest absolute Gasteiger partial charge is 0.295 e. The number of halogens is 1. The molecule has 1 saturated heterocycles. The van der Waals surface area contributed by atoms with Gasteiger partial charge in [-0.2, -0.15) is 4.31 Å². The maximum absolute atomic E-state index is 11.3. The molecule has 0 amide bonds. The fourth-order valence-electron chi connectivity index (χ4n) is 1.72. The SMILES string of the molecule is CS(=O)(=O)N1CCN(Cc2nnsc2Cl)CC1. The van der Waals surface area contributed by atoms with Gasteiger partial charge in [-0.15, -0.1) is 5.10 Å². The van der Waals surface area contributed by atoms with Crippen molar-refractivity contribution in [1.29, 1.82) is 0 Å². The fraction of sp³-hybridized carbons (Fsp3) is 0.750. The Labute approximate surface area is 109 Å². The van der Waals surface area contributed by atoms with E-state index < -0.39 is 10.0 Å². The van der Waals surface area contributed by atoms with Crippen LogP contribution < -0.4 is 0 Å². The van der Waals surface area contributed by atoms with Crippen LogP contribution in [0.4, 0.5) is 0 Å². The van der Waals surface area contributed by atoms with Crippen LogP contribution in [0, 0.1) is 0 Å². The minimum atomic E-state index is -3.06. The van der Waals surface area contributed by atoms with Crippen molar-refractivity contribution in [2.24, 2.45) is 0 Å². The summed E-state index contributed by atoms with van der Waals surface area (Å²) >= 11 is 7.09. The van der Waals surface area contributed by atoms with Gasteiger partial charge in [0.2, 0.25) is 10.0 Å². The average Bonchev–Trinajstić information content (AvgIpc) is 2.64. The van der Waals surface area contributed by atoms with Crippen LogP contribution in [-0.2, 0) is 16.6 Å². The van der Waals surface area contributed by atoms with Crippen LogP contribution in [0.5, 0.6) is 0 Å². The third-order valence-electron chi connectivity index (χ3n) is 2.68. The Balaban J connectivity index is 1.90. The molecule has 0 aliphatic carbocycles. The lowest BCUT2D eigenvalue weighted by Crippen LogP contribution is -2.47. The van der Waals surface area contributed by atoms with Crippen LogP contribution in [0.1, 0.15) is 5.69 Å². The smallest absolute Gasteiger partial charge is 0.211 e. The molecular weight excluding hydrogens is 284 g/mol. The highest BCUT2D eigenvalue weighted by Crippen LogP contribution is 2.19. The summed E-state index contributed by atoms with van der Waals surface area (Å²) in [6.45, 7) is 3.07. The monoisotopic (exact) mass is 296 g/mol. The highest BCUT2D eigenvalue weighted by molar-refractivity contribution is 7.88. The first kappa shape index (κ1) is 13.2. The molecule has 96 valence electrons. The van der Waals surface area contributed by atoms with E-state index in [2.05, 4.69) is 14.5 Å². The standard InChI is InChI=1S/C8H13ClN4O2S2/c1-17(14,15)13-4-2-12(3-5-13)6-7-8(9)16-11-10-7/h2-6H2,1H3. The number of hydrogen-bond acceptors (Lipinski definition) is 6. The summed E-state index contributed by atoms with van der Waals surface area (Å²) in [5, 5.41) is 3.94. The second-order valence-corrected chi connectivity index (χ2v) is 7.27. The summed E-state index contributed by atoms with van der Waals surface area (Å²) in [5.74, 6) is 0. The molecule has 1 aromatic heterocycles. The van der Waals surface area contributed by atoms with E-state index in [1.807, 2.05) is 0 Å². The molecule has 1 aliphatic heterocycles. The molecule has 2 heterocycles. The predicted octanol–water partition coefficient (Wildman–Crippen LogP) is 0.269. The zero-order chi connectivity index (χ0) is 12.5. The minimum absolute atomic E-state index is 0.522. The molecule has 0 saturated carbocycles. The van der Waals surface area contributed by atoms with E-state index in [1.165, 1.54) is 22.1 Å². The van der Waals surface area contributed by atoms with E-state index >= 15 is 0 Å². The van der Waals surface area contributed by atoms with Gasteiger partial charge in [0.1, 0.15) is 10.0 Å². The van der Waals surface area contributed by atoms with Crippen molar-refractivity contribution in [3.05, 3.63) is 10.0 Å². The molecule has 1 aliphatic rings. The Hall–Kier alpha value is -0.280. The van der Waals surface area contributed by atoms with Crippen molar-refractivity contribution in [3.63, 3.8) is 0 Å². The molecule has 0 atom stereocenters. The first-order valence-electron chi connectivity index (χ1n) is 5.11. The number of piperazine rings is 1. The number of hydrogen-bond donors (Lipinski definition) is 0. The minimum Gasteiger partial charge on any atom is -0.295 e. The fourth-order valence-corrected chi connectivity index (χ4v) is 3.16. The molecule has 0 N–H and O–H groups in total. The third kappa shape index (κ3) is 3.35. The molecule has 17 heavy (non-hydrogen) atoms. The Kier molecular flexibility index (Phi) is 3.99. The van der Waals surface area contributed by atoms with E-state index in [0.717, 1.165) is 5.69 Å².